The Balaban J connectivity index is 2.10. The molecule has 0 unspecified atom stereocenters. The predicted octanol–water partition coefficient (Wildman–Crippen LogP) is 2.98. The fourth-order valence-corrected chi connectivity index (χ4v) is 3.00. The number of ether oxygens (including phenoxy) is 1. The molecule has 2 heterocycles. The van der Waals surface area contributed by atoms with Crippen molar-refractivity contribution in [3.8, 4) is 5.69 Å². The molecule has 0 fully saturated rings. The summed E-state index contributed by atoms with van der Waals surface area (Å²) in [6.45, 7) is 5.65. The highest BCUT2D eigenvalue weighted by Gasteiger charge is 2.31. The summed E-state index contributed by atoms with van der Waals surface area (Å²) in [5, 5.41) is 17.1. The molecule has 1 aliphatic heterocycles. The number of carbonyl (C=O) groups is 2. The molecule has 25 heavy (non-hydrogen) atoms. The van der Waals surface area contributed by atoms with Crippen LogP contribution < -0.4 is 0 Å². The Hall–Kier alpha value is -2.42. The largest absolute Gasteiger partial charge is 0.476 e. The molecule has 0 saturated carbocycles. The van der Waals surface area contributed by atoms with E-state index in [1.807, 2.05) is 18.2 Å². The topological polar surface area (TPSA) is 97.5 Å². The fraction of sp³-hybridized carbons (Fsp3) is 0.375. The molecule has 1 aromatic carbocycles. The van der Waals surface area contributed by atoms with E-state index >= 15 is 0 Å². The van der Waals surface area contributed by atoms with E-state index in [0.717, 1.165) is 10.0 Å². The quantitative estimate of drug-likeness (QED) is 0.778. The van der Waals surface area contributed by atoms with Crippen LogP contribution in [0.5, 0.6) is 0 Å². The van der Waals surface area contributed by atoms with E-state index in [0.29, 0.717) is 11.4 Å². The highest BCUT2D eigenvalue weighted by atomic mass is 79.9. The Morgan fingerprint density at radius 3 is 2.64 bits per heavy atom. The van der Waals surface area contributed by atoms with Gasteiger partial charge in [-0.05, 0) is 44.5 Å². The highest BCUT2D eigenvalue weighted by Crippen LogP contribution is 2.28. The van der Waals surface area contributed by atoms with E-state index < -0.39 is 17.7 Å². The third-order valence-electron chi connectivity index (χ3n) is 3.59. The number of carboxylic acid groups (broad SMARTS) is 1. The zero-order valence-corrected chi connectivity index (χ0v) is 15.6. The van der Waals surface area contributed by atoms with Gasteiger partial charge in [-0.1, -0.05) is 21.1 Å². The lowest BCUT2D eigenvalue weighted by atomic mass is 10.1. The van der Waals surface area contributed by atoms with Crippen LogP contribution in [0.3, 0.4) is 0 Å². The van der Waals surface area contributed by atoms with Crippen LogP contribution in [0.15, 0.2) is 22.7 Å². The van der Waals surface area contributed by atoms with E-state index in [4.69, 9.17) is 4.74 Å². The molecule has 0 aliphatic carbocycles. The van der Waals surface area contributed by atoms with Gasteiger partial charge in [-0.25, -0.2) is 14.3 Å². The minimum atomic E-state index is -1.19. The summed E-state index contributed by atoms with van der Waals surface area (Å²) in [7, 11) is 0. The molecule has 0 atom stereocenters. The molecule has 2 aromatic rings. The van der Waals surface area contributed by atoms with Gasteiger partial charge in [-0.2, -0.15) is 0 Å². The van der Waals surface area contributed by atoms with Crippen molar-refractivity contribution in [2.75, 3.05) is 0 Å². The van der Waals surface area contributed by atoms with Gasteiger partial charge in [0.15, 0.2) is 5.69 Å². The molecule has 1 aliphatic rings. The minimum absolute atomic E-state index is 0.0375. The van der Waals surface area contributed by atoms with Gasteiger partial charge >= 0.3 is 12.1 Å². The van der Waals surface area contributed by atoms with Crippen molar-refractivity contribution in [3.63, 3.8) is 0 Å². The number of aromatic nitrogens is 3. The Morgan fingerprint density at radius 1 is 1.28 bits per heavy atom. The van der Waals surface area contributed by atoms with Gasteiger partial charge in [0.05, 0.1) is 24.5 Å². The van der Waals surface area contributed by atoms with Crippen LogP contribution in [0.25, 0.3) is 5.69 Å². The first kappa shape index (κ1) is 17.4. The van der Waals surface area contributed by atoms with E-state index in [-0.39, 0.29) is 18.8 Å². The number of fused-ring (bicyclic) bond motifs is 3. The molecule has 0 saturated heterocycles. The summed E-state index contributed by atoms with van der Waals surface area (Å²) in [4.78, 5) is 25.5. The summed E-state index contributed by atoms with van der Waals surface area (Å²) in [5.41, 5.74) is 0.992. The van der Waals surface area contributed by atoms with Crippen LogP contribution in [0, 0.1) is 0 Å². The standard InChI is InChI=1S/C16H17BrN4O4/c1-16(2,3)25-15(24)20-7-9-6-10(17)4-5-11(9)21-12(8-20)13(14(22)23)18-19-21/h4-6H,7-8H2,1-3H3,(H,22,23). The van der Waals surface area contributed by atoms with Crippen molar-refractivity contribution in [2.24, 2.45) is 0 Å². The van der Waals surface area contributed by atoms with Gasteiger partial charge in [0, 0.05) is 4.47 Å². The number of amides is 1. The maximum absolute atomic E-state index is 12.6. The Labute approximate surface area is 152 Å². The molecule has 1 N–H and O–H groups in total. The average Bonchev–Trinajstić information content (AvgIpc) is 2.82. The predicted molar refractivity (Wildman–Crippen MR) is 91.5 cm³/mol. The van der Waals surface area contributed by atoms with Gasteiger partial charge in [0.25, 0.3) is 0 Å². The summed E-state index contributed by atoms with van der Waals surface area (Å²) < 4.78 is 7.76. The molecule has 0 bridgehead atoms. The van der Waals surface area contributed by atoms with Crippen molar-refractivity contribution in [1.82, 2.24) is 19.9 Å². The average molecular weight is 409 g/mol. The van der Waals surface area contributed by atoms with Gasteiger partial charge in [-0.15, -0.1) is 5.10 Å². The first-order chi connectivity index (χ1) is 11.7. The number of halogens is 1. The number of hydrogen-bond acceptors (Lipinski definition) is 5. The zero-order chi connectivity index (χ0) is 18.4. The number of rotatable bonds is 1. The molecule has 0 spiro atoms. The summed E-state index contributed by atoms with van der Waals surface area (Å²) in [6, 6.07) is 5.50. The second-order valence-corrected chi connectivity index (χ2v) is 7.63. The number of carboxylic acids is 1. The molecule has 1 aromatic heterocycles. The highest BCUT2D eigenvalue weighted by molar-refractivity contribution is 9.10. The molecule has 132 valence electrons. The lowest BCUT2D eigenvalue weighted by Crippen LogP contribution is -2.36. The van der Waals surface area contributed by atoms with Crippen molar-refractivity contribution in [1.29, 1.82) is 0 Å². The van der Waals surface area contributed by atoms with Crippen molar-refractivity contribution < 1.29 is 19.4 Å². The van der Waals surface area contributed by atoms with E-state index in [9.17, 15) is 14.7 Å². The van der Waals surface area contributed by atoms with Gasteiger partial charge < -0.3 is 9.84 Å². The van der Waals surface area contributed by atoms with Crippen molar-refractivity contribution in [2.45, 2.75) is 39.5 Å². The van der Waals surface area contributed by atoms with E-state index in [2.05, 4.69) is 26.2 Å². The van der Waals surface area contributed by atoms with Gasteiger partial charge in [0.1, 0.15) is 5.60 Å². The number of benzene rings is 1. The lowest BCUT2D eigenvalue weighted by Gasteiger charge is -2.26. The van der Waals surface area contributed by atoms with E-state index in [1.165, 1.54) is 9.58 Å². The number of nitrogens with zero attached hydrogens (tertiary/aromatic N) is 4. The molecular weight excluding hydrogens is 392 g/mol. The fourth-order valence-electron chi connectivity index (χ4n) is 2.59. The smallest absolute Gasteiger partial charge is 0.410 e. The normalized spacial score (nSPS) is 13.7. The maximum atomic E-state index is 12.6. The second kappa shape index (κ2) is 6.14. The minimum Gasteiger partial charge on any atom is -0.476 e. The molecule has 3 rings (SSSR count). The van der Waals surface area contributed by atoms with Crippen LogP contribution in [0.4, 0.5) is 4.79 Å². The van der Waals surface area contributed by atoms with Crippen LogP contribution in [-0.2, 0) is 17.8 Å². The summed E-state index contributed by atoms with van der Waals surface area (Å²) in [6.07, 6.45) is -0.524. The van der Waals surface area contributed by atoms with Crippen molar-refractivity contribution in [3.05, 3.63) is 39.6 Å². The van der Waals surface area contributed by atoms with E-state index in [1.54, 1.807) is 20.8 Å². The first-order valence-corrected chi connectivity index (χ1v) is 8.39. The zero-order valence-electron chi connectivity index (χ0n) is 14.0. The van der Waals surface area contributed by atoms with Gasteiger partial charge in [0.2, 0.25) is 0 Å². The number of hydrogen-bond donors (Lipinski definition) is 1. The molecule has 1 amide bonds. The summed E-state index contributed by atoms with van der Waals surface area (Å²) in [5.74, 6) is -1.19. The Kier molecular flexibility index (Phi) is 4.28. The SMILES string of the molecule is CC(C)(C)OC(=O)N1Cc2cc(Br)ccc2-n2nnc(C(=O)O)c2C1. The van der Waals surface area contributed by atoms with Crippen LogP contribution in [0.1, 0.15) is 42.5 Å². The maximum Gasteiger partial charge on any atom is 0.410 e. The lowest BCUT2D eigenvalue weighted by molar-refractivity contribution is 0.0215. The molecule has 9 heteroatoms. The second-order valence-electron chi connectivity index (χ2n) is 6.71. The summed E-state index contributed by atoms with van der Waals surface area (Å²) >= 11 is 3.42. The van der Waals surface area contributed by atoms with Crippen molar-refractivity contribution >= 4 is 28.0 Å². The monoisotopic (exact) mass is 408 g/mol. The Bertz CT molecular complexity index is 856. The number of carbonyl (C=O) groups excluding carboxylic acids is 1. The molecular formula is C16H17BrN4O4. The van der Waals surface area contributed by atoms with Crippen LogP contribution in [-0.4, -0.2) is 42.7 Å². The third kappa shape index (κ3) is 3.51. The van der Waals surface area contributed by atoms with Gasteiger partial charge in [-0.3, -0.25) is 4.90 Å². The van der Waals surface area contributed by atoms with Crippen LogP contribution in [0.2, 0.25) is 0 Å². The van der Waals surface area contributed by atoms with Crippen LogP contribution >= 0.6 is 15.9 Å². The number of aromatic carboxylic acids is 1. The molecule has 8 nitrogen and oxygen atoms in total. The first-order valence-electron chi connectivity index (χ1n) is 7.60. The third-order valence-corrected chi connectivity index (χ3v) is 4.08. The molecule has 0 radical (unpaired) electrons. The Morgan fingerprint density at radius 2 is 2.00 bits per heavy atom.